The van der Waals surface area contributed by atoms with Crippen molar-refractivity contribution in [3.63, 3.8) is 0 Å². The summed E-state index contributed by atoms with van der Waals surface area (Å²) in [5.74, 6) is 0.370. The summed E-state index contributed by atoms with van der Waals surface area (Å²) in [5.41, 5.74) is 1.75. The average Bonchev–Trinajstić information content (AvgIpc) is 3.25. The second-order valence-corrected chi connectivity index (χ2v) is 7.29. The minimum Gasteiger partial charge on any atom is -0.376 e. The fraction of sp³-hybridized carbons (Fsp3) is 0.368. The van der Waals surface area contributed by atoms with Gasteiger partial charge in [0.2, 0.25) is 5.91 Å². The molecule has 0 bridgehead atoms. The largest absolute Gasteiger partial charge is 0.376 e. The standard InChI is InChI=1S/C19H22N2O3S/c1-21(19(23)17-6-3-9-25-17)11-18(22)20-16-5-2-4-15(10-16)13-24-12-14-7-8-14/h2-6,9-10,14H,7-8,11-13H2,1H3,(H,20,22). The number of nitrogens with one attached hydrogen (secondary N) is 1. The van der Waals surface area contributed by atoms with E-state index in [9.17, 15) is 9.59 Å². The van der Waals surface area contributed by atoms with E-state index in [0.29, 0.717) is 11.5 Å². The Balaban J connectivity index is 1.49. The number of nitrogens with zero attached hydrogens (tertiary/aromatic N) is 1. The number of hydrogen-bond donors (Lipinski definition) is 1. The molecule has 1 aromatic carbocycles. The minimum absolute atomic E-state index is 0.0130. The summed E-state index contributed by atoms with van der Waals surface area (Å²) in [7, 11) is 1.63. The minimum atomic E-state index is -0.219. The van der Waals surface area contributed by atoms with E-state index in [1.807, 2.05) is 35.7 Å². The second kappa shape index (κ2) is 8.27. The van der Waals surface area contributed by atoms with Gasteiger partial charge in [-0.05, 0) is 47.9 Å². The molecule has 1 fully saturated rings. The Morgan fingerprint density at radius 3 is 2.84 bits per heavy atom. The molecule has 1 aliphatic carbocycles. The Bertz CT molecular complexity index is 726. The van der Waals surface area contributed by atoms with Crippen LogP contribution in [0.5, 0.6) is 0 Å². The molecule has 0 radical (unpaired) electrons. The third-order valence-electron chi connectivity index (χ3n) is 3.99. The van der Waals surface area contributed by atoms with Crippen molar-refractivity contribution >= 4 is 28.8 Å². The van der Waals surface area contributed by atoms with E-state index in [1.165, 1.54) is 29.1 Å². The predicted octanol–water partition coefficient (Wildman–Crippen LogP) is 3.39. The van der Waals surface area contributed by atoms with E-state index in [-0.39, 0.29) is 18.4 Å². The zero-order valence-electron chi connectivity index (χ0n) is 14.2. The summed E-state index contributed by atoms with van der Waals surface area (Å²) in [6.45, 7) is 1.38. The molecule has 0 saturated heterocycles. The van der Waals surface area contributed by atoms with Crippen molar-refractivity contribution in [2.75, 3.05) is 25.5 Å². The highest BCUT2D eigenvalue weighted by atomic mass is 32.1. The molecule has 1 heterocycles. The van der Waals surface area contributed by atoms with E-state index in [0.717, 1.165) is 23.8 Å². The molecule has 1 N–H and O–H groups in total. The molecule has 25 heavy (non-hydrogen) atoms. The zero-order chi connectivity index (χ0) is 17.6. The van der Waals surface area contributed by atoms with Gasteiger partial charge < -0.3 is 15.0 Å². The van der Waals surface area contributed by atoms with Gasteiger partial charge in [-0.15, -0.1) is 11.3 Å². The predicted molar refractivity (Wildman–Crippen MR) is 98.7 cm³/mol. The number of anilines is 1. The van der Waals surface area contributed by atoms with Gasteiger partial charge in [0.1, 0.15) is 0 Å². The molecule has 0 unspecified atom stereocenters. The zero-order valence-corrected chi connectivity index (χ0v) is 15.1. The lowest BCUT2D eigenvalue weighted by atomic mass is 10.2. The molecule has 2 aromatic rings. The van der Waals surface area contributed by atoms with Crippen molar-refractivity contribution in [3.8, 4) is 0 Å². The molecule has 6 heteroatoms. The van der Waals surface area contributed by atoms with Crippen LogP contribution in [0.25, 0.3) is 0 Å². The third-order valence-corrected chi connectivity index (χ3v) is 4.85. The van der Waals surface area contributed by atoms with Gasteiger partial charge in [0.15, 0.2) is 0 Å². The van der Waals surface area contributed by atoms with E-state index in [1.54, 1.807) is 13.1 Å². The molecule has 5 nitrogen and oxygen atoms in total. The quantitative estimate of drug-likeness (QED) is 0.787. The first-order chi connectivity index (χ1) is 12.1. The molecule has 1 saturated carbocycles. The van der Waals surface area contributed by atoms with Gasteiger partial charge in [0.05, 0.1) is 18.0 Å². The van der Waals surface area contributed by atoms with Gasteiger partial charge in [-0.2, -0.15) is 0 Å². The third kappa shape index (κ3) is 5.41. The molecular weight excluding hydrogens is 336 g/mol. The van der Waals surface area contributed by atoms with Crippen LogP contribution in [0.3, 0.4) is 0 Å². The number of rotatable bonds is 8. The molecule has 132 valence electrons. The first-order valence-corrected chi connectivity index (χ1v) is 9.25. The van der Waals surface area contributed by atoms with Crippen molar-refractivity contribution in [2.24, 2.45) is 5.92 Å². The lowest BCUT2D eigenvalue weighted by Gasteiger charge is -2.16. The summed E-state index contributed by atoms with van der Waals surface area (Å²) in [6.07, 6.45) is 2.54. The van der Waals surface area contributed by atoms with E-state index >= 15 is 0 Å². The highest BCUT2D eigenvalue weighted by Gasteiger charge is 2.21. The van der Waals surface area contributed by atoms with Crippen molar-refractivity contribution in [1.29, 1.82) is 0 Å². The summed E-state index contributed by atoms with van der Waals surface area (Å²) in [6, 6.07) is 11.2. The summed E-state index contributed by atoms with van der Waals surface area (Å²) in [4.78, 5) is 26.4. The fourth-order valence-electron chi connectivity index (χ4n) is 2.44. The van der Waals surface area contributed by atoms with Crippen LogP contribution in [0.15, 0.2) is 41.8 Å². The van der Waals surface area contributed by atoms with E-state index in [2.05, 4.69) is 5.32 Å². The summed E-state index contributed by atoms with van der Waals surface area (Å²) >= 11 is 1.37. The highest BCUT2D eigenvalue weighted by Crippen LogP contribution is 2.29. The van der Waals surface area contributed by atoms with Gasteiger partial charge in [-0.25, -0.2) is 0 Å². The molecule has 1 aliphatic rings. The second-order valence-electron chi connectivity index (χ2n) is 6.35. The number of carbonyl (C=O) groups excluding carboxylic acids is 2. The van der Waals surface area contributed by atoms with Crippen LogP contribution < -0.4 is 5.32 Å². The number of ether oxygens (including phenoxy) is 1. The van der Waals surface area contributed by atoms with Crippen molar-refractivity contribution < 1.29 is 14.3 Å². The first kappa shape index (κ1) is 17.6. The maximum absolute atomic E-state index is 12.2. The molecule has 0 atom stereocenters. The number of amides is 2. The SMILES string of the molecule is CN(CC(=O)Nc1cccc(COCC2CC2)c1)C(=O)c1cccs1. The van der Waals surface area contributed by atoms with Gasteiger partial charge in [-0.3, -0.25) is 9.59 Å². The van der Waals surface area contributed by atoms with Gasteiger partial charge in [0.25, 0.3) is 5.91 Å². The van der Waals surface area contributed by atoms with Crippen LogP contribution in [0.4, 0.5) is 5.69 Å². The van der Waals surface area contributed by atoms with Gasteiger partial charge in [0, 0.05) is 19.3 Å². The van der Waals surface area contributed by atoms with Crippen LogP contribution in [0, 0.1) is 5.92 Å². The van der Waals surface area contributed by atoms with Crippen molar-refractivity contribution in [3.05, 3.63) is 52.2 Å². The van der Waals surface area contributed by atoms with Gasteiger partial charge in [-0.1, -0.05) is 18.2 Å². The fourth-order valence-corrected chi connectivity index (χ4v) is 3.16. The van der Waals surface area contributed by atoms with Crippen molar-refractivity contribution in [1.82, 2.24) is 4.90 Å². The molecule has 1 aromatic heterocycles. The van der Waals surface area contributed by atoms with E-state index < -0.39 is 0 Å². The average molecular weight is 358 g/mol. The van der Waals surface area contributed by atoms with Crippen LogP contribution >= 0.6 is 11.3 Å². The number of carbonyl (C=O) groups is 2. The Morgan fingerprint density at radius 1 is 1.28 bits per heavy atom. The van der Waals surface area contributed by atoms with Crippen molar-refractivity contribution in [2.45, 2.75) is 19.4 Å². The van der Waals surface area contributed by atoms with Crippen LogP contribution in [0.2, 0.25) is 0 Å². The molecule has 2 amide bonds. The molecular formula is C19H22N2O3S. The lowest BCUT2D eigenvalue weighted by Crippen LogP contribution is -2.34. The number of hydrogen-bond acceptors (Lipinski definition) is 4. The Hall–Kier alpha value is -2.18. The highest BCUT2D eigenvalue weighted by molar-refractivity contribution is 7.12. The van der Waals surface area contributed by atoms with Crippen LogP contribution in [0.1, 0.15) is 28.1 Å². The van der Waals surface area contributed by atoms with Crippen LogP contribution in [-0.2, 0) is 16.1 Å². The maximum atomic E-state index is 12.2. The topological polar surface area (TPSA) is 58.6 Å². The normalized spacial score (nSPS) is 13.5. The first-order valence-electron chi connectivity index (χ1n) is 8.37. The molecule has 0 aliphatic heterocycles. The molecule has 3 rings (SSSR count). The number of thiophene rings is 1. The maximum Gasteiger partial charge on any atom is 0.264 e. The number of likely N-dealkylation sites (N-methyl/N-ethyl adjacent to an activating group) is 1. The summed E-state index contributed by atoms with van der Waals surface area (Å²) in [5, 5.41) is 4.69. The Morgan fingerprint density at radius 2 is 2.12 bits per heavy atom. The molecule has 0 spiro atoms. The van der Waals surface area contributed by atoms with E-state index in [4.69, 9.17) is 4.74 Å². The Labute approximate surface area is 151 Å². The lowest BCUT2D eigenvalue weighted by molar-refractivity contribution is -0.116. The monoisotopic (exact) mass is 358 g/mol. The number of benzene rings is 1. The Kier molecular flexibility index (Phi) is 5.83. The van der Waals surface area contributed by atoms with Gasteiger partial charge >= 0.3 is 0 Å². The van der Waals surface area contributed by atoms with Crippen LogP contribution in [-0.4, -0.2) is 36.9 Å². The smallest absolute Gasteiger partial charge is 0.264 e. The summed E-state index contributed by atoms with van der Waals surface area (Å²) < 4.78 is 5.68.